The minimum atomic E-state index is -3.54. The highest BCUT2D eigenvalue weighted by Crippen LogP contribution is 2.18. The zero-order chi connectivity index (χ0) is 20.1. The highest BCUT2D eigenvalue weighted by molar-refractivity contribution is 7.89. The number of aryl methyl sites for hydroxylation is 1. The molecular formula is C20H22ClN3O3S. The summed E-state index contributed by atoms with van der Waals surface area (Å²) in [6.45, 7) is 3.09. The van der Waals surface area contributed by atoms with Crippen molar-refractivity contribution in [2.75, 3.05) is 26.2 Å². The zero-order valence-electron chi connectivity index (χ0n) is 15.5. The molecule has 0 unspecified atom stereocenters. The van der Waals surface area contributed by atoms with Crippen molar-refractivity contribution >= 4 is 33.7 Å². The Balaban J connectivity index is 1.55. The number of rotatable bonds is 4. The average molecular weight is 420 g/mol. The lowest BCUT2D eigenvalue weighted by molar-refractivity contribution is 0.175. The number of urea groups is 1. The molecule has 0 aliphatic carbocycles. The predicted molar refractivity (Wildman–Crippen MR) is 111 cm³/mol. The number of hydrogen-bond acceptors (Lipinski definition) is 3. The lowest BCUT2D eigenvalue weighted by Gasteiger charge is -2.33. The van der Waals surface area contributed by atoms with Gasteiger partial charge >= 0.3 is 6.03 Å². The van der Waals surface area contributed by atoms with Crippen molar-refractivity contribution in [3.8, 4) is 0 Å². The summed E-state index contributed by atoms with van der Waals surface area (Å²) in [5.74, 6) is 0. The number of carbonyl (C=O) groups is 1. The second kappa shape index (κ2) is 8.77. The molecule has 3 rings (SSSR count). The van der Waals surface area contributed by atoms with Gasteiger partial charge in [0.25, 0.3) is 0 Å². The van der Waals surface area contributed by atoms with Crippen molar-refractivity contribution in [1.29, 1.82) is 0 Å². The molecule has 0 atom stereocenters. The van der Waals surface area contributed by atoms with E-state index < -0.39 is 10.0 Å². The van der Waals surface area contributed by atoms with E-state index in [-0.39, 0.29) is 24.0 Å². The largest absolute Gasteiger partial charge is 0.322 e. The molecule has 2 aromatic rings. The summed E-state index contributed by atoms with van der Waals surface area (Å²) in [6, 6.07) is 13.8. The number of nitrogens with one attached hydrogen (secondary N) is 1. The molecule has 1 N–H and O–H groups in total. The molecule has 0 bridgehead atoms. The van der Waals surface area contributed by atoms with Gasteiger partial charge in [0.15, 0.2) is 0 Å². The molecule has 6 nitrogen and oxygen atoms in total. The second-order valence-corrected chi connectivity index (χ2v) is 8.85. The van der Waals surface area contributed by atoms with E-state index in [1.807, 2.05) is 25.1 Å². The number of halogens is 1. The van der Waals surface area contributed by atoms with E-state index in [0.717, 1.165) is 11.1 Å². The molecule has 1 fully saturated rings. The molecule has 1 heterocycles. The van der Waals surface area contributed by atoms with Crippen LogP contribution in [0.3, 0.4) is 0 Å². The molecule has 1 saturated heterocycles. The van der Waals surface area contributed by atoms with Crippen molar-refractivity contribution in [3.63, 3.8) is 0 Å². The number of piperazine rings is 1. The maximum Gasteiger partial charge on any atom is 0.321 e. The van der Waals surface area contributed by atoms with Crippen LogP contribution in [-0.4, -0.2) is 49.8 Å². The Bertz CT molecular complexity index is 966. The fraction of sp³-hybridized carbons (Fsp3) is 0.250. The first-order valence-electron chi connectivity index (χ1n) is 8.91. The molecule has 28 heavy (non-hydrogen) atoms. The summed E-state index contributed by atoms with van der Waals surface area (Å²) < 4.78 is 26.9. The van der Waals surface area contributed by atoms with E-state index in [9.17, 15) is 13.2 Å². The van der Waals surface area contributed by atoms with Gasteiger partial charge in [-0.05, 0) is 36.8 Å². The summed E-state index contributed by atoms with van der Waals surface area (Å²) in [7, 11) is -3.54. The van der Waals surface area contributed by atoms with Crippen LogP contribution >= 0.6 is 11.6 Å². The first kappa shape index (κ1) is 20.4. The number of hydrogen-bond donors (Lipinski definition) is 1. The van der Waals surface area contributed by atoms with E-state index in [1.165, 1.54) is 4.31 Å². The van der Waals surface area contributed by atoms with E-state index >= 15 is 0 Å². The van der Waals surface area contributed by atoms with Crippen LogP contribution in [0.5, 0.6) is 0 Å². The second-order valence-electron chi connectivity index (χ2n) is 6.51. The molecule has 2 amide bonds. The molecule has 0 spiro atoms. The fourth-order valence-corrected chi connectivity index (χ4v) is 4.52. The van der Waals surface area contributed by atoms with Gasteiger partial charge in [-0.3, -0.25) is 0 Å². The lowest BCUT2D eigenvalue weighted by Crippen LogP contribution is -2.52. The van der Waals surface area contributed by atoms with Gasteiger partial charge in [-0.15, -0.1) is 0 Å². The van der Waals surface area contributed by atoms with E-state index in [1.54, 1.807) is 47.5 Å². The average Bonchev–Trinajstić information content (AvgIpc) is 2.70. The normalized spacial score (nSPS) is 15.7. The molecule has 148 valence electrons. The Kier molecular flexibility index (Phi) is 6.39. The van der Waals surface area contributed by atoms with Crippen LogP contribution in [0, 0.1) is 6.92 Å². The first-order valence-corrected chi connectivity index (χ1v) is 10.7. The number of carbonyl (C=O) groups excluding carboxylic acids is 1. The van der Waals surface area contributed by atoms with Crippen molar-refractivity contribution in [2.45, 2.75) is 11.8 Å². The quantitative estimate of drug-likeness (QED) is 0.826. The van der Waals surface area contributed by atoms with Crippen molar-refractivity contribution in [1.82, 2.24) is 14.5 Å². The third-order valence-electron chi connectivity index (χ3n) is 4.56. The zero-order valence-corrected chi connectivity index (χ0v) is 17.1. The van der Waals surface area contributed by atoms with Crippen LogP contribution in [0.15, 0.2) is 59.6 Å². The van der Waals surface area contributed by atoms with Gasteiger partial charge < -0.3 is 10.2 Å². The minimum absolute atomic E-state index is 0.262. The van der Waals surface area contributed by atoms with Crippen molar-refractivity contribution < 1.29 is 13.2 Å². The summed E-state index contributed by atoms with van der Waals surface area (Å²) >= 11 is 6.07. The third-order valence-corrected chi connectivity index (χ3v) is 6.82. The van der Waals surface area contributed by atoms with Gasteiger partial charge in [0.1, 0.15) is 0 Å². The molecule has 8 heteroatoms. The van der Waals surface area contributed by atoms with Crippen LogP contribution in [0.2, 0.25) is 5.02 Å². The Labute approximate surface area is 170 Å². The first-order chi connectivity index (χ1) is 13.4. The molecule has 0 radical (unpaired) electrons. The minimum Gasteiger partial charge on any atom is -0.322 e. The molecule has 1 aliphatic rings. The Morgan fingerprint density at radius 1 is 1.04 bits per heavy atom. The maximum atomic E-state index is 12.7. The summed E-state index contributed by atoms with van der Waals surface area (Å²) in [6.07, 6.45) is 3.26. The van der Waals surface area contributed by atoms with E-state index in [4.69, 9.17) is 11.6 Å². The lowest BCUT2D eigenvalue weighted by atomic mass is 10.2. The number of benzene rings is 2. The van der Waals surface area contributed by atoms with Gasteiger partial charge in [0, 0.05) is 37.4 Å². The van der Waals surface area contributed by atoms with Crippen molar-refractivity contribution in [2.24, 2.45) is 0 Å². The van der Waals surface area contributed by atoms with Crippen LogP contribution in [-0.2, 0) is 10.0 Å². The maximum absolute atomic E-state index is 12.7. The highest BCUT2D eigenvalue weighted by atomic mass is 35.5. The van der Waals surface area contributed by atoms with Crippen LogP contribution in [0.1, 0.15) is 11.1 Å². The predicted octanol–water partition coefficient (Wildman–Crippen LogP) is 3.34. The van der Waals surface area contributed by atoms with Gasteiger partial charge in [-0.25, -0.2) is 13.2 Å². The van der Waals surface area contributed by atoms with Crippen LogP contribution < -0.4 is 5.32 Å². The van der Waals surface area contributed by atoms with Gasteiger partial charge in [-0.1, -0.05) is 47.5 Å². The molecular weight excluding hydrogens is 398 g/mol. The number of amides is 2. The standard InChI is InChI=1S/C20H22ClN3O3S/c1-16-6-8-18(9-7-16)28(26,27)24-14-12-23(13-15-24)20(25)22-11-10-17-4-2-3-5-19(17)21/h2-11H,12-15H2,1H3,(H,22,25)/b11-10+. The van der Waals surface area contributed by atoms with Gasteiger partial charge in [0.2, 0.25) is 10.0 Å². The Morgan fingerprint density at radius 2 is 1.68 bits per heavy atom. The van der Waals surface area contributed by atoms with Crippen LogP contribution in [0.4, 0.5) is 4.79 Å². The van der Waals surface area contributed by atoms with Gasteiger partial charge in [0.05, 0.1) is 4.90 Å². The molecule has 1 aliphatic heterocycles. The number of nitrogens with zero attached hydrogens (tertiary/aromatic N) is 2. The Morgan fingerprint density at radius 3 is 2.32 bits per heavy atom. The Hall–Kier alpha value is -2.35. The third kappa shape index (κ3) is 4.73. The van der Waals surface area contributed by atoms with Crippen molar-refractivity contribution in [3.05, 3.63) is 70.9 Å². The topological polar surface area (TPSA) is 69.7 Å². The molecule has 2 aromatic carbocycles. The van der Waals surface area contributed by atoms with Gasteiger partial charge in [-0.2, -0.15) is 4.31 Å². The van der Waals surface area contributed by atoms with Crippen LogP contribution in [0.25, 0.3) is 6.08 Å². The van der Waals surface area contributed by atoms with E-state index in [0.29, 0.717) is 18.1 Å². The number of sulfonamides is 1. The molecule has 0 saturated carbocycles. The summed E-state index contributed by atoms with van der Waals surface area (Å²) in [5.41, 5.74) is 1.81. The smallest absolute Gasteiger partial charge is 0.321 e. The highest BCUT2D eigenvalue weighted by Gasteiger charge is 2.29. The van der Waals surface area contributed by atoms with E-state index in [2.05, 4.69) is 5.32 Å². The monoisotopic (exact) mass is 419 g/mol. The fourth-order valence-electron chi connectivity index (χ4n) is 2.90. The summed E-state index contributed by atoms with van der Waals surface area (Å²) in [4.78, 5) is 14.2. The summed E-state index contributed by atoms with van der Waals surface area (Å²) in [5, 5.41) is 3.30. The SMILES string of the molecule is Cc1ccc(S(=O)(=O)N2CCN(C(=O)N/C=C/c3ccccc3Cl)CC2)cc1. The molecule has 0 aromatic heterocycles.